The average molecular weight is 521 g/mol. The van der Waals surface area contributed by atoms with Crippen LogP contribution in [0, 0.1) is 0 Å². The molecule has 34 valence electrons. The van der Waals surface area contributed by atoms with Gasteiger partial charge in [-0.05, 0) is 0 Å². The van der Waals surface area contributed by atoms with Gasteiger partial charge < -0.3 is 0 Å². The Hall–Kier alpha value is 3.67. The molecule has 0 rings (SSSR count). The van der Waals surface area contributed by atoms with Crippen molar-refractivity contribution in [2.75, 3.05) is 0 Å². The normalized spacial score (nSPS) is 0.500. The van der Waals surface area contributed by atoms with E-state index in [0.717, 1.165) is 0 Å². The maximum atomic E-state index is 8.42. The Morgan fingerprint density at radius 3 is 1.00 bits per heavy atom. The van der Waals surface area contributed by atoms with Crippen LogP contribution in [0.2, 0.25) is 0 Å². The fraction of sp³-hybridized carbons (Fsp3) is 0. The SMILES string of the molecule is [AlH3].[InH3].[O]=[InH].[SnH2].[SnH2]. The van der Waals surface area contributed by atoms with Crippen LogP contribution < -0.4 is 0 Å². The molecule has 0 heterocycles. The summed E-state index contributed by atoms with van der Waals surface area (Å²) in [6.45, 7) is 0. The van der Waals surface area contributed by atoms with Gasteiger partial charge >= 0.3 is 101 Å². The first-order chi connectivity index (χ1) is 1.00. The molecule has 0 N–H and O–H groups in total. The Kier molecular flexibility index (Phi) is 210. The van der Waals surface area contributed by atoms with Crippen LogP contribution >= 0.6 is 0 Å². The van der Waals surface area contributed by atoms with Gasteiger partial charge in [-0.25, -0.2) is 0 Å². The van der Waals surface area contributed by atoms with Crippen molar-refractivity contribution in [1.29, 1.82) is 0 Å². The Morgan fingerprint density at radius 2 is 1.00 bits per heavy atom. The number of hydrogen-bond acceptors (Lipinski definition) is 1. The Bertz CT molecular complexity index is 11.5. The summed E-state index contributed by atoms with van der Waals surface area (Å²) in [7, 11) is 0. The average Bonchev–Trinajstić information content (AvgIpc) is 1.00. The molecule has 0 amide bonds. The van der Waals surface area contributed by atoms with Crippen molar-refractivity contribution in [2.45, 2.75) is 0 Å². The van der Waals surface area contributed by atoms with Gasteiger partial charge in [0.2, 0.25) is 0 Å². The topological polar surface area (TPSA) is 17.1 Å². The van der Waals surface area contributed by atoms with Crippen LogP contribution in [-0.4, -0.2) is 115 Å². The van der Waals surface area contributed by atoms with E-state index in [-0.39, 0.29) is 115 Å². The minimum absolute atomic E-state index is 0. The van der Waals surface area contributed by atoms with E-state index in [1.807, 2.05) is 0 Å². The Balaban J connectivity index is -0.000000000833. The predicted molar refractivity (Wildman–Crippen MR) is 44.8 cm³/mol. The molecular formula is H11AlIn2OSn2. The molecule has 0 aromatic carbocycles. The molecule has 0 aliphatic heterocycles. The molecule has 4 radical (unpaired) electrons. The third kappa shape index (κ3) is 25.3. The third-order valence-electron chi connectivity index (χ3n) is 0. The van der Waals surface area contributed by atoms with Gasteiger partial charge in [-0.2, -0.15) is 0 Å². The summed E-state index contributed by atoms with van der Waals surface area (Å²) in [5.41, 5.74) is 0. The molecule has 0 unspecified atom stereocenters. The van der Waals surface area contributed by atoms with E-state index in [1.54, 1.807) is 0 Å². The van der Waals surface area contributed by atoms with Crippen LogP contribution in [0.15, 0.2) is 0 Å². The fourth-order valence-electron chi connectivity index (χ4n) is 0. The van der Waals surface area contributed by atoms with Crippen molar-refractivity contribution < 1.29 is 2.85 Å². The second kappa shape index (κ2) is 37.9. The van der Waals surface area contributed by atoms with E-state index in [0.29, 0.717) is 0 Å². The molecular weight excluding hydrogens is 510 g/mol. The summed E-state index contributed by atoms with van der Waals surface area (Å²) in [6, 6.07) is 0. The predicted octanol–water partition coefficient (Wildman–Crippen LogP) is -4.97. The van der Waals surface area contributed by atoms with Crippen LogP contribution in [0.5, 0.6) is 0 Å². The summed E-state index contributed by atoms with van der Waals surface area (Å²) in [5.74, 6) is 0. The van der Waals surface area contributed by atoms with Gasteiger partial charge in [0.05, 0.1) is 0 Å². The summed E-state index contributed by atoms with van der Waals surface area (Å²) >= 11 is -0.1000. The van der Waals surface area contributed by atoms with Crippen molar-refractivity contribution >= 4 is 115 Å². The van der Waals surface area contributed by atoms with Gasteiger partial charge in [-0.15, -0.1) is 0 Å². The van der Waals surface area contributed by atoms with Crippen molar-refractivity contribution in [3.63, 3.8) is 0 Å². The van der Waals surface area contributed by atoms with E-state index < -0.39 is 0 Å². The standard InChI is InChI=1S/Al.2In.O.2Sn.11H. The monoisotopic (exact) mass is 524 g/mol. The van der Waals surface area contributed by atoms with Crippen molar-refractivity contribution in [3.8, 4) is 0 Å². The van der Waals surface area contributed by atoms with Crippen LogP contribution in [-0.2, 0) is 2.85 Å². The molecule has 0 saturated carbocycles. The first kappa shape index (κ1) is 33.3. The molecule has 0 aromatic heterocycles. The maximum absolute atomic E-state index is 8.42. The summed E-state index contributed by atoms with van der Waals surface area (Å²) in [5, 5.41) is 0. The van der Waals surface area contributed by atoms with Gasteiger partial charge in [0, 0.05) is 0 Å². The summed E-state index contributed by atoms with van der Waals surface area (Å²) in [6.07, 6.45) is 0. The van der Waals surface area contributed by atoms with Gasteiger partial charge in [-0.1, -0.05) is 0 Å². The zero-order valence-electron chi connectivity index (χ0n) is 2.53. The first-order valence-electron chi connectivity index (χ1n) is 0.289. The van der Waals surface area contributed by atoms with Gasteiger partial charge in [0.25, 0.3) is 0 Å². The molecule has 0 aromatic rings. The molecule has 0 spiro atoms. The second-order valence-corrected chi connectivity index (χ2v) is 0. The first-order valence-corrected chi connectivity index (χ1v) is 1.94. The van der Waals surface area contributed by atoms with E-state index in [2.05, 4.69) is 0 Å². The zero-order valence-corrected chi connectivity index (χ0v) is 14.6. The number of rotatable bonds is 0. The molecule has 0 aliphatic carbocycles. The Morgan fingerprint density at radius 1 is 1.00 bits per heavy atom. The van der Waals surface area contributed by atoms with Gasteiger partial charge in [-0.3, -0.25) is 0 Å². The van der Waals surface area contributed by atoms with E-state index in [9.17, 15) is 0 Å². The van der Waals surface area contributed by atoms with E-state index in [1.165, 1.54) is 0 Å². The minimum atomic E-state index is -0.1000. The molecule has 0 atom stereocenters. The van der Waals surface area contributed by atoms with Crippen LogP contribution in [0.4, 0.5) is 0 Å². The summed E-state index contributed by atoms with van der Waals surface area (Å²) in [4.78, 5) is 0. The molecule has 6 heavy (non-hydrogen) atoms. The zero-order chi connectivity index (χ0) is 2.00. The van der Waals surface area contributed by atoms with Crippen molar-refractivity contribution in [3.05, 3.63) is 0 Å². The van der Waals surface area contributed by atoms with E-state index >= 15 is 0 Å². The van der Waals surface area contributed by atoms with Gasteiger partial charge in [0.1, 0.15) is 0 Å². The molecule has 0 bridgehead atoms. The molecule has 0 aliphatic rings. The molecule has 6 heteroatoms. The van der Waals surface area contributed by atoms with Crippen molar-refractivity contribution in [2.24, 2.45) is 0 Å². The third-order valence-corrected chi connectivity index (χ3v) is 0. The van der Waals surface area contributed by atoms with Crippen LogP contribution in [0.1, 0.15) is 0 Å². The van der Waals surface area contributed by atoms with Crippen LogP contribution in [0.25, 0.3) is 0 Å². The summed E-state index contributed by atoms with van der Waals surface area (Å²) < 4.78 is 8.42. The Labute approximate surface area is 116 Å². The number of hydrogen-bond donors (Lipinski definition) is 0. The van der Waals surface area contributed by atoms with E-state index in [4.69, 9.17) is 2.85 Å². The van der Waals surface area contributed by atoms with Gasteiger partial charge in [0.15, 0.2) is 17.4 Å². The van der Waals surface area contributed by atoms with Crippen molar-refractivity contribution in [1.82, 2.24) is 0 Å². The second-order valence-electron chi connectivity index (χ2n) is 0. The quantitative estimate of drug-likeness (QED) is 0.293. The molecule has 0 fully saturated rings. The van der Waals surface area contributed by atoms with Crippen LogP contribution in [0.3, 0.4) is 0 Å². The fourth-order valence-corrected chi connectivity index (χ4v) is 0. The molecule has 0 saturated heterocycles. The molecule has 1 nitrogen and oxygen atoms in total.